The summed E-state index contributed by atoms with van der Waals surface area (Å²) in [4.78, 5) is 14.8. The number of benzene rings is 1. The second-order valence-electron chi connectivity index (χ2n) is 6.42. The minimum atomic E-state index is 0.195. The number of carbonyl (C=O) groups is 1. The summed E-state index contributed by atoms with van der Waals surface area (Å²) in [6.07, 6.45) is 5.27. The van der Waals surface area contributed by atoms with Crippen LogP contribution in [0.1, 0.15) is 44.6 Å². The summed E-state index contributed by atoms with van der Waals surface area (Å²) in [5, 5.41) is 0. The van der Waals surface area contributed by atoms with Crippen LogP contribution >= 0.6 is 0 Å². The SMILES string of the molecule is Cc1ccc(N(CCCN)C(=O)C2CCC(C)CC2)cc1. The van der Waals surface area contributed by atoms with Crippen LogP contribution in [0.5, 0.6) is 0 Å². The Hall–Kier alpha value is -1.35. The Morgan fingerprint density at radius 3 is 2.38 bits per heavy atom. The van der Waals surface area contributed by atoms with Crippen molar-refractivity contribution in [1.29, 1.82) is 0 Å². The molecular weight excluding hydrogens is 260 g/mol. The molecule has 1 fully saturated rings. The van der Waals surface area contributed by atoms with E-state index in [1.165, 1.54) is 18.4 Å². The van der Waals surface area contributed by atoms with E-state index in [9.17, 15) is 4.79 Å². The van der Waals surface area contributed by atoms with Gasteiger partial charge in [-0.3, -0.25) is 4.79 Å². The van der Waals surface area contributed by atoms with Gasteiger partial charge < -0.3 is 10.6 Å². The van der Waals surface area contributed by atoms with Crippen LogP contribution in [0.3, 0.4) is 0 Å². The highest BCUT2D eigenvalue weighted by Gasteiger charge is 2.28. The van der Waals surface area contributed by atoms with Gasteiger partial charge in [-0.25, -0.2) is 0 Å². The van der Waals surface area contributed by atoms with Crippen molar-refractivity contribution < 1.29 is 4.79 Å². The van der Waals surface area contributed by atoms with Gasteiger partial charge in [0.2, 0.25) is 5.91 Å². The second kappa shape index (κ2) is 7.60. The van der Waals surface area contributed by atoms with Gasteiger partial charge in [0, 0.05) is 18.2 Å². The highest BCUT2D eigenvalue weighted by atomic mass is 16.2. The molecule has 21 heavy (non-hydrogen) atoms. The first kappa shape index (κ1) is 16.0. The van der Waals surface area contributed by atoms with E-state index in [0.29, 0.717) is 12.5 Å². The Morgan fingerprint density at radius 2 is 1.81 bits per heavy atom. The van der Waals surface area contributed by atoms with Gasteiger partial charge in [0.15, 0.2) is 0 Å². The summed E-state index contributed by atoms with van der Waals surface area (Å²) < 4.78 is 0. The molecule has 1 saturated carbocycles. The maximum atomic E-state index is 12.9. The van der Waals surface area contributed by atoms with Gasteiger partial charge in [-0.15, -0.1) is 0 Å². The number of amides is 1. The number of nitrogens with zero attached hydrogens (tertiary/aromatic N) is 1. The lowest BCUT2D eigenvalue weighted by Crippen LogP contribution is -2.39. The van der Waals surface area contributed by atoms with E-state index in [-0.39, 0.29) is 5.92 Å². The predicted octanol–water partition coefficient (Wildman–Crippen LogP) is 3.50. The Balaban J connectivity index is 2.11. The smallest absolute Gasteiger partial charge is 0.230 e. The van der Waals surface area contributed by atoms with Gasteiger partial charge in [0.1, 0.15) is 0 Å². The molecule has 3 nitrogen and oxygen atoms in total. The summed E-state index contributed by atoms with van der Waals surface area (Å²) in [6.45, 7) is 5.70. The molecule has 0 heterocycles. The second-order valence-corrected chi connectivity index (χ2v) is 6.42. The zero-order chi connectivity index (χ0) is 15.2. The average molecular weight is 288 g/mol. The Labute approximate surface area is 128 Å². The van der Waals surface area contributed by atoms with Crippen LogP contribution in [0.25, 0.3) is 0 Å². The first-order valence-electron chi connectivity index (χ1n) is 8.20. The maximum absolute atomic E-state index is 12.9. The number of hydrogen-bond donors (Lipinski definition) is 1. The molecule has 1 amide bonds. The first-order valence-corrected chi connectivity index (χ1v) is 8.20. The molecule has 1 aromatic carbocycles. The maximum Gasteiger partial charge on any atom is 0.230 e. The lowest BCUT2D eigenvalue weighted by atomic mass is 9.82. The lowest BCUT2D eigenvalue weighted by molar-refractivity contribution is -0.123. The lowest BCUT2D eigenvalue weighted by Gasteiger charge is -2.31. The van der Waals surface area contributed by atoms with Crippen molar-refractivity contribution in [2.24, 2.45) is 17.6 Å². The fourth-order valence-electron chi connectivity index (χ4n) is 3.07. The topological polar surface area (TPSA) is 46.3 Å². The van der Waals surface area contributed by atoms with E-state index < -0.39 is 0 Å². The molecule has 2 N–H and O–H groups in total. The minimum absolute atomic E-state index is 0.195. The van der Waals surface area contributed by atoms with E-state index >= 15 is 0 Å². The van der Waals surface area contributed by atoms with Crippen LogP contribution in [0, 0.1) is 18.8 Å². The third-order valence-electron chi connectivity index (χ3n) is 4.56. The first-order chi connectivity index (χ1) is 10.1. The molecule has 0 unspecified atom stereocenters. The Bertz CT molecular complexity index is 447. The van der Waals surface area contributed by atoms with Crippen LogP contribution in [0.15, 0.2) is 24.3 Å². The molecule has 2 rings (SSSR count). The van der Waals surface area contributed by atoms with Crippen molar-refractivity contribution in [2.75, 3.05) is 18.0 Å². The number of carbonyl (C=O) groups excluding carboxylic acids is 1. The van der Waals surface area contributed by atoms with E-state index in [4.69, 9.17) is 5.73 Å². The molecule has 0 atom stereocenters. The van der Waals surface area contributed by atoms with Crippen molar-refractivity contribution in [3.8, 4) is 0 Å². The van der Waals surface area contributed by atoms with Gasteiger partial charge in [-0.1, -0.05) is 24.6 Å². The van der Waals surface area contributed by atoms with Gasteiger partial charge in [-0.05, 0) is 63.6 Å². The highest BCUT2D eigenvalue weighted by Crippen LogP contribution is 2.31. The standard InChI is InChI=1S/C18H28N2O/c1-14-4-8-16(9-5-14)18(21)20(13-3-12-19)17-10-6-15(2)7-11-17/h6-7,10-11,14,16H,3-5,8-9,12-13,19H2,1-2H3. The number of rotatable bonds is 5. The van der Waals surface area contributed by atoms with Crippen molar-refractivity contribution in [3.05, 3.63) is 29.8 Å². The van der Waals surface area contributed by atoms with Gasteiger partial charge in [-0.2, -0.15) is 0 Å². The molecular formula is C18H28N2O. The molecule has 0 spiro atoms. The van der Waals surface area contributed by atoms with E-state index in [0.717, 1.165) is 37.4 Å². The summed E-state index contributed by atoms with van der Waals surface area (Å²) in [6, 6.07) is 8.24. The zero-order valence-corrected chi connectivity index (χ0v) is 13.3. The summed E-state index contributed by atoms with van der Waals surface area (Å²) in [5.41, 5.74) is 7.87. The number of anilines is 1. The third-order valence-corrected chi connectivity index (χ3v) is 4.56. The summed E-state index contributed by atoms with van der Waals surface area (Å²) in [7, 11) is 0. The molecule has 1 aliphatic rings. The molecule has 0 bridgehead atoms. The minimum Gasteiger partial charge on any atom is -0.330 e. The number of hydrogen-bond acceptors (Lipinski definition) is 2. The predicted molar refractivity (Wildman–Crippen MR) is 88.3 cm³/mol. The fourth-order valence-corrected chi connectivity index (χ4v) is 3.07. The van der Waals surface area contributed by atoms with Gasteiger partial charge in [0.25, 0.3) is 0 Å². The zero-order valence-electron chi connectivity index (χ0n) is 13.3. The van der Waals surface area contributed by atoms with E-state index in [1.807, 2.05) is 4.90 Å². The van der Waals surface area contributed by atoms with Crippen LogP contribution in [0.4, 0.5) is 5.69 Å². The van der Waals surface area contributed by atoms with Crippen LogP contribution in [0.2, 0.25) is 0 Å². The van der Waals surface area contributed by atoms with Crippen molar-refractivity contribution in [3.63, 3.8) is 0 Å². The van der Waals surface area contributed by atoms with Gasteiger partial charge >= 0.3 is 0 Å². The van der Waals surface area contributed by atoms with Crippen LogP contribution < -0.4 is 10.6 Å². The molecule has 0 saturated heterocycles. The number of nitrogens with two attached hydrogens (primary N) is 1. The monoisotopic (exact) mass is 288 g/mol. The Kier molecular flexibility index (Phi) is 5.80. The molecule has 0 aromatic heterocycles. The molecule has 1 aliphatic carbocycles. The third kappa shape index (κ3) is 4.31. The average Bonchev–Trinajstić information content (AvgIpc) is 2.50. The van der Waals surface area contributed by atoms with Crippen molar-refractivity contribution in [1.82, 2.24) is 0 Å². The fraction of sp³-hybridized carbons (Fsp3) is 0.611. The molecule has 1 aromatic rings. The van der Waals surface area contributed by atoms with Crippen LogP contribution in [-0.4, -0.2) is 19.0 Å². The van der Waals surface area contributed by atoms with E-state index in [2.05, 4.69) is 38.1 Å². The molecule has 3 heteroatoms. The van der Waals surface area contributed by atoms with Crippen molar-refractivity contribution in [2.45, 2.75) is 46.0 Å². The molecule has 0 radical (unpaired) electrons. The summed E-state index contributed by atoms with van der Waals surface area (Å²) in [5.74, 6) is 1.25. The van der Waals surface area contributed by atoms with Gasteiger partial charge in [0.05, 0.1) is 0 Å². The quantitative estimate of drug-likeness (QED) is 0.901. The normalized spacial score (nSPS) is 22.0. The van der Waals surface area contributed by atoms with Crippen molar-refractivity contribution >= 4 is 11.6 Å². The number of aryl methyl sites for hydroxylation is 1. The highest BCUT2D eigenvalue weighted by molar-refractivity contribution is 5.95. The summed E-state index contributed by atoms with van der Waals surface area (Å²) >= 11 is 0. The largest absolute Gasteiger partial charge is 0.330 e. The molecule has 116 valence electrons. The Morgan fingerprint density at radius 1 is 1.19 bits per heavy atom. The van der Waals surface area contributed by atoms with Crippen LogP contribution in [-0.2, 0) is 4.79 Å². The van der Waals surface area contributed by atoms with E-state index in [1.54, 1.807) is 0 Å². The molecule has 0 aliphatic heterocycles.